The molecule has 0 spiro atoms. The molecule has 3 rings (SSSR count). The molecule has 1 fully saturated rings. The molecule has 0 saturated heterocycles. The summed E-state index contributed by atoms with van der Waals surface area (Å²) in [5, 5.41) is 6.21. The van der Waals surface area contributed by atoms with Gasteiger partial charge in [0.2, 0.25) is 5.91 Å². The molecule has 2 aromatic heterocycles. The van der Waals surface area contributed by atoms with Gasteiger partial charge in [-0.05, 0) is 53.1 Å². The predicted octanol–water partition coefficient (Wildman–Crippen LogP) is 3.59. The third-order valence-corrected chi connectivity index (χ3v) is 5.09. The second-order valence-electron chi connectivity index (χ2n) is 4.96. The summed E-state index contributed by atoms with van der Waals surface area (Å²) >= 11 is 3.44. The van der Waals surface area contributed by atoms with E-state index in [-0.39, 0.29) is 5.91 Å². The number of nitrogens with zero attached hydrogens (tertiary/aromatic N) is 1. The van der Waals surface area contributed by atoms with Crippen LogP contribution >= 0.6 is 22.7 Å². The van der Waals surface area contributed by atoms with E-state index < -0.39 is 0 Å². The molecule has 0 aromatic carbocycles. The summed E-state index contributed by atoms with van der Waals surface area (Å²) < 4.78 is 0. The van der Waals surface area contributed by atoms with Crippen LogP contribution in [-0.2, 0) is 17.6 Å². The Morgan fingerprint density at radius 2 is 2.21 bits per heavy atom. The third kappa shape index (κ3) is 3.45. The van der Waals surface area contributed by atoms with E-state index in [9.17, 15) is 4.79 Å². The summed E-state index contributed by atoms with van der Waals surface area (Å²) in [6, 6.07) is 6.78. The van der Waals surface area contributed by atoms with Crippen molar-refractivity contribution in [3.8, 4) is 0 Å². The van der Waals surface area contributed by atoms with E-state index in [1.165, 1.54) is 17.7 Å². The van der Waals surface area contributed by atoms with Gasteiger partial charge in [0, 0.05) is 17.5 Å². The Bertz CT molecular complexity index is 514. The third-order valence-electron chi connectivity index (χ3n) is 3.42. The van der Waals surface area contributed by atoms with Crippen molar-refractivity contribution >= 4 is 28.6 Å². The largest absolute Gasteiger partial charge is 0.339 e. The molecule has 0 radical (unpaired) electrons. The van der Waals surface area contributed by atoms with Crippen molar-refractivity contribution in [2.75, 3.05) is 6.54 Å². The van der Waals surface area contributed by atoms with Gasteiger partial charge in [0.05, 0.1) is 6.42 Å². The summed E-state index contributed by atoms with van der Waals surface area (Å²) in [5.74, 6) is 0.289. The lowest BCUT2D eigenvalue weighted by Crippen LogP contribution is -2.35. The molecule has 0 N–H and O–H groups in total. The minimum Gasteiger partial charge on any atom is -0.339 e. The van der Waals surface area contributed by atoms with Crippen LogP contribution in [-0.4, -0.2) is 23.4 Å². The lowest BCUT2D eigenvalue weighted by molar-refractivity contribution is -0.131. The Morgan fingerprint density at radius 1 is 1.32 bits per heavy atom. The zero-order valence-corrected chi connectivity index (χ0v) is 12.4. The van der Waals surface area contributed by atoms with E-state index in [1.54, 1.807) is 22.7 Å². The summed E-state index contributed by atoms with van der Waals surface area (Å²) in [7, 11) is 0. The van der Waals surface area contributed by atoms with Crippen molar-refractivity contribution in [3.63, 3.8) is 0 Å². The number of carbonyl (C=O) groups is 1. The van der Waals surface area contributed by atoms with Crippen molar-refractivity contribution in [2.24, 2.45) is 0 Å². The lowest BCUT2D eigenvalue weighted by atomic mass is 10.2. The molecule has 2 heterocycles. The van der Waals surface area contributed by atoms with Gasteiger partial charge in [-0.1, -0.05) is 6.07 Å². The van der Waals surface area contributed by atoms with Crippen LogP contribution < -0.4 is 0 Å². The smallest absolute Gasteiger partial charge is 0.227 e. The number of rotatable bonds is 6. The molecule has 0 aliphatic heterocycles. The van der Waals surface area contributed by atoms with Crippen LogP contribution in [0.3, 0.4) is 0 Å². The fourth-order valence-corrected chi connectivity index (χ4v) is 3.62. The van der Waals surface area contributed by atoms with Crippen LogP contribution in [0.1, 0.15) is 23.3 Å². The van der Waals surface area contributed by atoms with Gasteiger partial charge in [-0.2, -0.15) is 11.3 Å². The standard InChI is InChI=1S/C15H17NOS2/c17-15(10-12-6-9-18-11-12)16(13-3-4-13)7-5-14-2-1-8-19-14/h1-2,6,8-9,11,13H,3-5,7,10H2. The van der Waals surface area contributed by atoms with E-state index in [0.717, 1.165) is 18.5 Å². The zero-order chi connectivity index (χ0) is 13.1. The molecule has 1 saturated carbocycles. The maximum Gasteiger partial charge on any atom is 0.227 e. The first-order valence-corrected chi connectivity index (χ1v) is 8.48. The highest BCUT2D eigenvalue weighted by atomic mass is 32.1. The monoisotopic (exact) mass is 291 g/mol. The van der Waals surface area contributed by atoms with Crippen LogP contribution in [0.15, 0.2) is 34.3 Å². The van der Waals surface area contributed by atoms with Crippen LogP contribution in [0.4, 0.5) is 0 Å². The Balaban J connectivity index is 1.59. The first kappa shape index (κ1) is 12.9. The van der Waals surface area contributed by atoms with Crippen molar-refractivity contribution in [1.82, 2.24) is 4.90 Å². The van der Waals surface area contributed by atoms with Gasteiger partial charge in [0.25, 0.3) is 0 Å². The lowest BCUT2D eigenvalue weighted by Gasteiger charge is -2.22. The van der Waals surface area contributed by atoms with E-state index in [4.69, 9.17) is 0 Å². The minimum atomic E-state index is 0.289. The van der Waals surface area contributed by atoms with Crippen LogP contribution in [0, 0.1) is 0 Å². The van der Waals surface area contributed by atoms with Gasteiger partial charge >= 0.3 is 0 Å². The second-order valence-corrected chi connectivity index (χ2v) is 6.77. The van der Waals surface area contributed by atoms with Gasteiger partial charge in [-0.25, -0.2) is 0 Å². The maximum atomic E-state index is 12.4. The maximum absolute atomic E-state index is 12.4. The fraction of sp³-hybridized carbons (Fsp3) is 0.400. The van der Waals surface area contributed by atoms with Crippen molar-refractivity contribution in [3.05, 3.63) is 44.8 Å². The molecule has 1 aliphatic carbocycles. The van der Waals surface area contributed by atoms with Crippen molar-refractivity contribution < 1.29 is 4.79 Å². The fourth-order valence-electron chi connectivity index (χ4n) is 2.25. The number of hydrogen-bond acceptors (Lipinski definition) is 3. The Labute approximate surface area is 121 Å². The van der Waals surface area contributed by atoms with Crippen LogP contribution in [0.5, 0.6) is 0 Å². The minimum absolute atomic E-state index is 0.289. The summed E-state index contributed by atoms with van der Waals surface area (Å²) in [6.07, 6.45) is 3.91. The first-order chi connectivity index (χ1) is 9.33. The number of amides is 1. The molecule has 19 heavy (non-hydrogen) atoms. The van der Waals surface area contributed by atoms with Gasteiger partial charge in [0.15, 0.2) is 0 Å². The van der Waals surface area contributed by atoms with E-state index in [2.05, 4.69) is 27.8 Å². The van der Waals surface area contributed by atoms with Crippen molar-refractivity contribution in [2.45, 2.75) is 31.7 Å². The molecule has 1 amide bonds. The molecule has 0 atom stereocenters. The van der Waals surface area contributed by atoms with Gasteiger partial charge in [0.1, 0.15) is 0 Å². The van der Waals surface area contributed by atoms with Gasteiger partial charge in [-0.3, -0.25) is 4.79 Å². The Kier molecular flexibility index (Phi) is 3.99. The molecule has 4 heteroatoms. The molecular weight excluding hydrogens is 274 g/mol. The second kappa shape index (κ2) is 5.88. The summed E-state index contributed by atoms with van der Waals surface area (Å²) in [5.41, 5.74) is 1.15. The normalized spacial score (nSPS) is 14.5. The van der Waals surface area contributed by atoms with Gasteiger partial charge in [-0.15, -0.1) is 11.3 Å². The Hall–Kier alpha value is -1.13. The quantitative estimate of drug-likeness (QED) is 0.796. The van der Waals surface area contributed by atoms with Gasteiger partial charge < -0.3 is 4.90 Å². The van der Waals surface area contributed by atoms with Crippen molar-refractivity contribution in [1.29, 1.82) is 0 Å². The molecule has 100 valence electrons. The Morgan fingerprint density at radius 3 is 2.84 bits per heavy atom. The average Bonchev–Trinajstić information content (AvgIpc) is 2.91. The SMILES string of the molecule is O=C(Cc1ccsc1)N(CCc1cccs1)C1CC1. The average molecular weight is 291 g/mol. The van der Waals surface area contributed by atoms with E-state index in [1.807, 2.05) is 11.4 Å². The highest BCUT2D eigenvalue weighted by Gasteiger charge is 2.32. The molecule has 2 aromatic rings. The van der Waals surface area contributed by atoms with E-state index >= 15 is 0 Å². The molecule has 0 unspecified atom stereocenters. The number of carbonyl (C=O) groups excluding carboxylic acids is 1. The molecular formula is C15H17NOS2. The summed E-state index contributed by atoms with van der Waals surface area (Å²) in [6.45, 7) is 0.869. The summed E-state index contributed by atoms with van der Waals surface area (Å²) in [4.78, 5) is 15.8. The molecule has 1 aliphatic rings. The highest BCUT2D eigenvalue weighted by molar-refractivity contribution is 7.09. The van der Waals surface area contributed by atoms with Crippen LogP contribution in [0.2, 0.25) is 0 Å². The topological polar surface area (TPSA) is 20.3 Å². The van der Waals surface area contributed by atoms with Crippen LogP contribution in [0.25, 0.3) is 0 Å². The number of hydrogen-bond donors (Lipinski definition) is 0. The first-order valence-electron chi connectivity index (χ1n) is 6.66. The zero-order valence-electron chi connectivity index (χ0n) is 10.7. The molecule has 2 nitrogen and oxygen atoms in total. The van der Waals surface area contributed by atoms with E-state index in [0.29, 0.717) is 12.5 Å². The number of thiophene rings is 2. The molecule has 0 bridgehead atoms. The highest BCUT2D eigenvalue weighted by Crippen LogP contribution is 2.28. The predicted molar refractivity (Wildman–Crippen MR) is 80.8 cm³/mol.